The topological polar surface area (TPSA) is 0 Å². The van der Waals surface area contributed by atoms with Crippen molar-refractivity contribution < 1.29 is 0 Å². The van der Waals surface area contributed by atoms with Crippen molar-refractivity contribution >= 4 is 87.5 Å². The molecule has 0 fully saturated rings. The SMILES string of the molecule is [NaH].[NaH].[Se][Se]. The van der Waals surface area contributed by atoms with Gasteiger partial charge in [-0.25, -0.2) is 0 Å². The molecule has 0 saturated heterocycles. The Morgan fingerprint density at radius 2 is 0.750 bits per heavy atom. The monoisotopic (exact) mass is 208 g/mol. The minimum absolute atomic E-state index is 0. The van der Waals surface area contributed by atoms with Gasteiger partial charge in [-0.15, -0.1) is 0 Å². The van der Waals surface area contributed by atoms with Gasteiger partial charge in [0.2, 0.25) is 0 Å². The number of rotatable bonds is 0. The van der Waals surface area contributed by atoms with Crippen LogP contribution in [0.2, 0.25) is 0 Å². The second-order valence-electron chi connectivity index (χ2n) is 0. The van der Waals surface area contributed by atoms with E-state index in [1.54, 1.807) is 0 Å². The molecule has 0 amide bonds. The Balaban J connectivity index is -0.00000000500. The summed E-state index contributed by atoms with van der Waals surface area (Å²) in [4.78, 5) is 0. The fourth-order valence-electron chi connectivity index (χ4n) is 0. The summed E-state index contributed by atoms with van der Waals surface area (Å²) < 4.78 is 0. The maximum absolute atomic E-state index is 2.50. The molecule has 0 saturated carbocycles. The van der Waals surface area contributed by atoms with Crippen molar-refractivity contribution in [3.05, 3.63) is 0 Å². The van der Waals surface area contributed by atoms with E-state index >= 15 is 0 Å². The van der Waals surface area contributed by atoms with Gasteiger partial charge in [0.15, 0.2) is 0 Å². The molecule has 0 aliphatic rings. The van der Waals surface area contributed by atoms with Crippen molar-refractivity contribution in [1.82, 2.24) is 0 Å². The molecule has 0 unspecified atom stereocenters. The van der Waals surface area contributed by atoms with Crippen LogP contribution < -0.4 is 0 Å². The summed E-state index contributed by atoms with van der Waals surface area (Å²) in [6.07, 6.45) is 0. The van der Waals surface area contributed by atoms with Crippen molar-refractivity contribution in [1.29, 1.82) is 0 Å². The van der Waals surface area contributed by atoms with E-state index in [0.717, 1.165) is 0 Å². The number of hydrogen-bond acceptors (Lipinski definition) is 0. The van der Waals surface area contributed by atoms with Crippen LogP contribution in [-0.4, -0.2) is 87.5 Å². The fraction of sp³-hybridized carbons (Fsp3) is 0. The van der Waals surface area contributed by atoms with Crippen LogP contribution in [0.3, 0.4) is 0 Å². The molecule has 0 heterocycles. The molecular weight excluding hydrogens is 204 g/mol. The Labute approximate surface area is 85.6 Å². The van der Waals surface area contributed by atoms with Gasteiger partial charge < -0.3 is 0 Å². The van der Waals surface area contributed by atoms with Gasteiger partial charge in [0.1, 0.15) is 0 Å². The molecule has 0 nitrogen and oxygen atoms in total. The molecule has 4 heavy (non-hydrogen) atoms. The average molecular weight is 206 g/mol. The molecular formula is H2Na2Se2. The summed E-state index contributed by atoms with van der Waals surface area (Å²) in [5.41, 5.74) is 0. The molecule has 0 aromatic carbocycles. The van der Waals surface area contributed by atoms with Crippen LogP contribution in [0.5, 0.6) is 0 Å². The molecule has 0 spiro atoms. The van der Waals surface area contributed by atoms with Gasteiger partial charge in [-0.05, 0) is 0 Å². The third-order valence-corrected chi connectivity index (χ3v) is 0. The molecule has 4 heteroatoms. The second kappa shape index (κ2) is 16.6. The van der Waals surface area contributed by atoms with E-state index < -0.39 is 0 Å². The first kappa shape index (κ1) is 15.7. The first-order chi connectivity index (χ1) is 1.00. The zero-order chi connectivity index (χ0) is 2.00. The van der Waals surface area contributed by atoms with Crippen molar-refractivity contribution in [3.63, 3.8) is 0 Å². The van der Waals surface area contributed by atoms with Gasteiger partial charge in [-0.2, -0.15) is 0 Å². The van der Waals surface area contributed by atoms with Gasteiger partial charge in [-0.3, -0.25) is 0 Å². The molecule has 16 valence electrons. The van der Waals surface area contributed by atoms with E-state index in [-0.39, 0.29) is 59.1 Å². The van der Waals surface area contributed by atoms with Crippen LogP contribution in [0.15, 0.2) is 0 Å². The third kappa shape index (κ3) is 8.90. The quantitative estimate of drug-likeness (QED) is 0.400. The predicted molar refractivity (Wildman–Crippen MR) is 25.8 cm³/mol. The zero-order valence-corrected chi connectivity index (χ0v) is 4.24. The van der Waals surface area contributed by atoms with Gasteiger partial charge in [0.05, 0.1) is 0 Å². The summed E-state index contributed by atoms with van der Waals surface area (Å²) in [6.45, 7) is 0. The van der Waals surface area contributed by atoms with E-state index in [2.05, 4.69) is 28.4 Å². The van der Waals surface area contributed by atoms with Crippen LogP contribution >= 0.6 is 0 Å². The van der Waals surface area contributed by atoms with E-state index in [1.807, 2.05) is 0 Å². The predicted octanol–water partition coefficient (Wildman–Crippen LogP) is -2.06. The molecule has 0 aromatic rings. The third-order valence-electron chi connectivity index (χ3n) is 0. The van der Waals surface area contributed by atoms with Crippen molar-refractivity contribution in [3.8, 4) is 0 Å². The summed E-state index contributed by atoms with van der Waals surface area (Å²) in [7, 11) is 0. The Hall–Kier alpha value is 3.04. The van der Waals surface area contributed by atoms with Crippen LogP contribution in [-0.2, 0) is 0 Å². The van der Waals surface area contributed by atoms with E-state index in [4.69, 9.17) is 0 Å². The van der Waals surface area contributed by atoms with Gasteiger partial charge >= 0.3 is 87.5 Å². The van der Waals surface area contributed by atoms with E-state index in [0.29, 0.717) is 0 Å². The molecule has 0 atom stereocenters. The van der Waals surface area contributed by atoms with Gasteiger partial charge in [-0.1, -0.05) is 0 Å². The molecule has 0 bridgehead atoms. The zero-order valence-electron chi connectivity index (χ0n) is 0.816. The van der Waals surface area contributed by atoms with E-state index in [9.17, 15) is 0 Å². The summed E-state index contributed by atoms with van der Waals surface area (Å²) in [5, 5.41) is 0. The minimum atomic E-state index is 0. The van der Waals surface area contributed by atoms with E-state index in [1.165, 1.54) is 0 Å². The normalized spacial score (nSPS) is 1.50. The van der Waals surface area contributed by atoms with Gasteiger partial charge in [0.25, 0.3) is 0 Å². The Morgan fingerprint density at radius 1 is 0.750 bits per heavy atom. The Bertz CT molecular complexity index is 4.00. The second-order valence-corrected chi connectivity index (χ2v) is 0. The first-order valence-electron chi connectivity index (χ1n) is 0.167. The van der Waals surface area contributed by atoms with Crippen molar-refractivity contribution in [2.24, 2.45) is 0 Å². The van der Waals surface area contributed by atoms with Crippen LogP contribution in [0.4, 0.5) is 0 Å². The molecule has 0 aliphatic carbocycles. The molecule has 0 aliphatic heterocycles. The first-order valence-corrected chi connectivity index (χ1v) is 4.50. The Morgan fingerprint density at radius 3 is 0.750 bits per heavy atom. The maximum atomic E-state index is 2.50. The van der Waals surface area contributed by atoms with Crippen LogP contribution in [0, 0.1) is 0 Å². The Kier molecular flexibility index (Phi) is 65.3. The fourth-order valence-corrected chi connectivity index (χ4v) is 0. The van der Waals surface area contributed by atoms with Crippen molar-refractivity contribution in [2.75, 3.05) is 0 Å². The summed E-state index contributed by atoms with van der Waals surface area (Å²) in [5.74, 6) is 0. The number of hydrogen-bond donors (Lipinski definition) is 0. The molecule has 0 N–H and O–H groups in total. The average Bonchev–Trinajstić information content (AvgIpc) is 1.00. The molecule has 0 aromatic heterocycles. The molecule has 2 radical (unpaired) electrons. The van der Waals surface area contributed by atoms with Gasteiger partial charge in [0, 0.05) is 0 Å². The van der Waals surface area contributed by atoms with Crippen LogP contribution in [0.25, 0.3) is 0 Å². The van der Waals surface area contributed by atoms with Crippen LogP contribution in [0.1, 0.15) is 0 Å². The summed E-state index contributed by atoms with van der Waals surface area (Å²) >= 11 is 5.00. The van der Waals surface area contributed by atoms with Crippen molar-refractivity contribution in [2.45, 2.75) is 0 Å². The summed E-state index contributed by atoms with van der Waals surface area (Å²) in [6, 6.07) is 0. The molecule has 0 rings (SSSR count). The standard InChI is InChI=1S/2Na.Se2.2H/c;;1-2;;.